The van der Waals surface area contributed by atoms with Crippen molar-refractivity contribution in [3.8, 4) is 5.75 Å². The quantitative estimate of drug-likeness (QED) is 0.518. The molecule has 6 heteroatoms. The summed E-state index contributed by atoms with van der Waals surface area (Å²) in [5, 5.41) is 0. The Labute approximate surface area is 144 Å². The molecule has 2 aromatic carbocycles. The van der Waals surface area contributed by atoms with Gasteiger partial charge in [0.1, 0.15) is 11.6 Å². The fourth-order valence-corrected chi connectivity index (χ4v) is 5.33. The smallest absolute Gasteiger partial charge is 0.344 e. The van der Waals surface area contributed by atoms with Gasteiger partial charge in [0.25, 0.3) is 0 Å². The second-order valence-electron chi connectivity index (χ2n) is 4.66. The standard InChI is InChI=1S/C16H12BrFO2S2/c17-14-6-3-11(18)9-13(14)15(19)20-12-4-1-10(2-5-12)16-21-7-8-22-16/h1-6,9,16H,7-8H2. The number of carbonyl (C=O) groups is 1. The van der Waals surface area contributed by atoms with Crippen LogP contribution in [0.2, 0.25) is 0 Å². The summed E-state index contributed by atoms with van der Waals surface area (Å²) in [7, 11) is 0. The summed E-state index contributed by atoms with van der Waals surface area (Å²) < 4.78 is 19.5. The van der Waals surface area contributed by atoms with E-state index in [4.69, 9.17) is 4.74 Å². The van der Waals surface area contributed by atoms with Crippen molar-refractivity contribution in [2.24, 2.45) is 0 Å². The Balaban J connectivity index is 1.72. The lowest BCUT2D eigenvalue weighted by Gasteiger charge is -2.10. The van der Waals surface area contributed by atoms with Crippen LogP contribution in [0.25, 0.3) is 0 Å². The van der Waals surface area contributed by atoms with Gasteiger partial charge in [-0.05, 0) is 51.8 Å². The van der Waals surface area contributed by atoms with Gasteiger partial charge in [-0.15, -0.1) is 23.5 Å². The molecule has 0 aliphatic carbocycles. The maximum Gasteiger partial charge on any atom is 0.344 e. The van der Waals surface area contributed by atoms with Gasteiger partial charge in [0.15, 0.2) is 0 Å². The molecule has 1 heterocycles. The van der Waals surface area contributed by atoms with Crippen LogP contribution in [0.4, 0.5) is 4.39 Å². The van der Waals surface area contributed by atoms with Crippen LogP contribution in [0, 0.1) is 5.82 Å². The van der Waals surface area contributed by atoms with Crippen molar-refractivity contribution in [1.82, 2.24) is 0 Å². The average Bonchev–Trinajstić information content (AvgIpc) is 3.05. The summed E-state index contributed by atoms with van der Waals surface area (Å²) in [6.45, 7) is 0. The van der Waals surface area contributed by atoms with Gasteiger partial charge in [-0.1, -0.05) is 12.1 Å². The number of rotatable bonds is 3. The largest absolute Gasteiger partial charge is 0.423 e. The predicted molar refractivity (Wildman–Crippen MR) is 93.2 cm³/mol. The third-order valence-corrected chi connectivity index (χ3v) is 6.93. The van der Waals surface area contributed by atoms with Gasteiger partial charge in [0, 0.05) is 16.0 Å². The number of thioether (sulfide) groups is 2. The van der Waals surface area contributed by atoms with E-state index in [2.05, 4.69) is 15.9 Å². The molecule has 0 aromatic heterocycles. The highest BCUT2D eigenvalue weighted by atomic mass is 79.9. The second kappa shape index (κ2) is 7.06. The van der Waals surface area contributed by atoms with E-state index in [-0.39, 0.29) is 5.56 Å². The van der Waals surface area contributed by atoms with Crippen LogP contribution in [-0.2, 0) is 0 Å². The molecule has 22 heavy (non-hydrogen) atoms. The molecule has 114 valence electrons. The van der Waals surface area contributed by atoms with Crippen molar-refractivity contribution < 1.29 is 13.9 Å². The van der Waals surface area contributed by atoms with Crippen LogP contribution >= 0.6 is 39.5 Å². The number of halogens is 2. The molecule has 0 spiro atoms. The highest BCUT2D eigenvalue weighted by Gasteiger charge is 2.18. The summed E-state index contributed by atoms with van der Waals surface area (Å²) in [5.41, 5.74) is 1.39. The molecule has 1 fully saturated rings. The lowest BCUT2D eigenvalue weighted by molar-refractivity contribution is 0.0733. The molecule has 2 aromatic rings. The van der Waals surface area contributed by atoms with E-state index in [9.17, 15) is 9.18 Å². The van der Waals surface area contributed by atoms with Crippen LogP contribution in [0.15, 0.2) is 46.9 Å². The monoisotopic (exact) mass is 398 g/mol. The van der Waals surface area contributed by atoms with Crippen LogP contribution in [0.1, 0.15) is 20.5 Å². The maximum absolute atomic E-state index is 13.2. The number of ether oxygens (including phenoxy) is 1. The number of hydrogen-bond acceptors (Lipinski definition) is 4. The highest BCUT2D eigenvalue weighted by molar-refractivity contribution is 9.10. The normalized spacial score (nSPS) is 15.0. The Morgan fingerprint density at radius 2 is 1.82 bits per heavy atom. The molecule has 0 N–H and O–H groups in total. The second-order valence-corrected chi connectivity index (χ2v) is 8.23. The summed E-state index contributed by atoms with van der Waals surface area (Å²) in [6, 6.07) is 11.4. The van der Waals surface area contributed by atoms with Crippen molar-refractivity contribution in [1.29, 1.82) is 0 Å². The molecule has 1 aliphatic heterocycles. The maximum atomic E-state index is 13.2. The van der Waals surface area contributed by atoms with Gasteiger partial charge in [-0.2, -0.15) is 0 Å². The lowest BCUT2D eigenvalue weighted by Crippen LogP contribution is -2.09. The summed E-state index contributed by atoms with van der Waals surface area (Å²) in [6.07, 6.45) is 0. The van der Waals surface area contributed by atoms with E-state index in [1.165, 1.54) is 29.2 Å². The first kappa shape index (κ1) is 15.9. The molecule has 0 bridgehead atoms. The molecule has 0 radical (unpaired) electrons. The molecule has 0 saturated carbocycles. The fraction of sp³-hybridized carbons (Fsp3) is 0.188. The van der Waals surface area contributed by atoms with Crippen LogP contribution in [0.5, 0.6) is 5.75 Å². The van der Waals surface area contributed by atoms with E-state index in [1.54, 1.807) is 12.1 Å². The van der Waals surface area contributed by atoms with E-state index >= 15 is 0 Å². The third-order valence-electron chi connectivity index (χ3n) is 3.13. The summed E-state index contributed by atoms with van der Waals surface area (Å²) in [4.78, 5) is 12.1. The minimum Gasteiger partial charge on any atom is -0.423 e. The van der Waals surface area contributed by atoms with Crippen molar-refractivity contribution in [3.63, 3.8) is 0 Å². The fourth-order valence-electron chi connectivity index (χ4n) is 2.06. The van der Waals surface area contributed by atoms with Gasteiger partial charge in [-0.25, -0.2) is 9.18 Å². The Bertz CT molecular complexity index is 685. The molecule has 1 saturated heterocycles. The van der Waals surface area contributed by atoms with E-state index < -0.39 is 11.8 Å². The Morgan fingerprint density at radius 1 is 1.14 bits per heavy atom. The Hall–Kier alpha value is -0.980. The third kappa shape index (κ3) is 3.67. The Kier molecular flexibility index (Phi) is 5.10. The molecule has 0 amide bonds. The number of benzene rings is 2. The van der Waals surface area contributed by atoms with E-state index in [0.717, 1.165) is 6.07 Å². The number of esters is 1. The van der Waals surface area contributed by atoms with Crippen molar-refractivity contribution in [2.45, 2.75) is 4.58 Å². The van der Waals surface area contributed by atoms with Crippen LogP contribution < -0.4 is 4.74 Å². The molecular formula is C16H12BrFO2S2. The molecule has 3 rings (SSSR count). The SMILES string of the molecule is O=C(Oc1ccc(C2SCCS2)cc1)c1cc(F)ccc1Br. The van der Waals surface area contributed by atoms with Crippen molar-refractivity contribution in [2.75, 3.05) is 11.5 Å². The molecule has 2 nitrogen and oxygen atoms in total. The van der Waals surface area contributed by atoms with Crippen LogP contribution in [-0.4, -0.2) is 17.5 Å². The van der Waals surface area contributed by atoms with E-state index in [0.29, 0.717) is 14.8 Å². The molecule has 0 atom stereocenters. The number of carbonyl (C=O) groups excluding carboxylic acids is 1. The number of hydrogen-bond donors (Lipinski definition) is 0. The highest BCUT2D eigenvalue weighted by Crippen LogP contribution is 2.45. The summed E-state index contributed by atoms with van der Waals surface area (Å²) >= 11 is 7.07. The van der Waals surface area contributed by atoms with Crippen molar-refractivity contribution in [3.05, 3.63) is 63.9 Å². The zero-order valence-corrected chi connectivity index (χ0v) is 14.6. The zero-order chi connectivity index (χ0) is 15.5. The first-order chi connectivity index (χ1) is 10.6. The van der Waals surface area contributed by atoms with Gasteiger partial charge in [-0.3, -0.25) is 0 Å². The van der Waals surface area contributed by atoms with Gasteiger partial charge >= 0.3 is 5.97 Å². The van der Waals surface area contributed by atoms with Crippen molar-refractivity contribution >= 4 is 45.4 Å². The van der Waals surface area contributed by atoms with Gasteiger partial charge in [0.05, 0.1) is 10.1 Å². The van der Waals surface area contributed by atoms with Gasteiger partial charge in [0.2, 0.25) is 0 Å². The average molecular weight is 399 g/mol. The lowest BCUT2D eigenvalue weighted by atomic mass is 10.2. The molecule has 1 aliphatic rings. The Morgan fingerprint density at radius 3 is 2.50 bits per heavy atom. The molecular weight excluding hydrogens is 387 g/mol. The van der Waals surface area contributed by atoms with E-state index in [1.807, 2.05) is 35.7 Å². The molecule has 0 unspecified atom stereocenters. The summed E-state index contributed by atoms with van der Waals surface area (Å²) in [5.74, 6) is 1.74. The minimum absolute atomic E-state index is 0.172. The predicted octanol–water partition coefficient (Wildman–Crippen LogP) is 5.29. The zero-order valence-electron chi connectivity index (χ0n) is 11.4. The first-order valence-corrected chi connectivity index (χ1v) is 9.53. The van der Waals surface area contributed by atoms with Gasteiger partial charge < -0.3 is 4.74 Å². The topological polar surface area (TPSA) is 26.3 Å². The first-order valence-electron chi connectivity index (χ1n) is 6.64. The van der Waals surface area contributed by atoms with Crippen LogP contribution in [0.3, 0.4) is 0 Å². The minimum atomic E-state index is -0.580.